The highest BCUT2D eigenvalue weighted by Gasteiger charge is 2.31. The molecule has 1 saturated heterocycles. The van der Waals surface area contributed by atoms with Gasteiger partial charge in [-0.2, -0.15) is 5.10 Å². The predicted molar refractivity (Wildman–Crippen MR) is 198 cm³/mol. The van der Waals surface area contributed by atoms with E-state index in [-0.39, 0.29) is 41.7 Å². The molecule has 0 aliphatic carbocycles. The number of anilines is 1. The number of carbonyl (C=O) groups is 3. The van der Waals surface area contributed by atoms with E-state index in [0.717, 1.165) is 29.0 Å². The van der Waals surface area contributed by atoms with Gasteiger partial charge < -0.3 is 25.4 Å². The number of hydrogen-bond donors (Lipinski definition) is 3. The lowest BCUT2D eigenvalue weighted by molar-refractivity contribution is 0.0630. The monoisotopic (exact) mass is 748 g/mol. The van der Waals surface area contributed by atoms with Gasteiger partial charge in [-0.15, -0.1) is 0 Å². The first kappa shape index (κ1) is 39.1. The van der Waals surface area contributed by atoms with Crippen molar-refractivity contribution in [3.8, 4) is 0 Å². The molecule has 1 fully saturated rings. The summed E-state index contributed by atoms with van der Waals surface area (Å²) in [6, 6.07) is 17.5. The Morgan fingerprint density at radius 3 is 2.32 bits per heavy atom. The summed E-state index contributed by atoms with van der Waals surface area (Å²) in [6.07, 6.45) is 4.78. The number of aliphatic hydroxyl groups excluding tert-OH is 1. The first-order chi connectivity index (χ1) is 25.2. The summed E-state index contributed by atoms with van der Waals surface area (Å²) in [4.78, 5) is 42.5. The van der Waals surface area contributed by atoms with Gasteiger partial charge >= 0.3 is 0 Å². The maximum absolute atomic E-state index is 14.0. The average molecular weight is 749 g/mol. The standard InChI is InChI=1S/C38H45FN6O7S/c1-25(27-12-14-31(39)15-13-27)41-36(47)28-18-29(20-33(19-28)43(2)53(4,50)51)37(48)42-34(17-26-9-6-5-7-10-26)35(46)23-44-22-30(21-40-44)38(49)45-16-8-11-32(45)24-52-3/h5-7,9-10,12-15,18-22,25,32,34-35,46H,8,11,16-17,23-24H2,1-4H3,(H,41,47)(H,42,48)/t25-,32-,34+,35+/m1/s1. The average Bonchev–Trinajstić information content (AvgIpc) is 3.81. The van der Waals surface area contributed by atoms with Gasteiger partial charge in [0, 0.05) is 38.0 Å². The molecule has 2 heterocycles. The Labute approximate surface area is 308 Å². The van der Waals surface area contributed by atoms with Gasteiger partial charge in [-0.3, -0.25) is 23.4 Å². The number of sulfonamides is 1. The van der Waals surface area contributed by atoms with Crippen LogP contribution in [-0.2, 0) is 27.7 Å². The van der Waals surface area contributed by atoms with Gasteiger partial charge in [0.05, 0.1) is 61.1 Å². The lowest BCUT2D eigenvalue weighted by Crippen LogP contribution is -2.46. The van der Waals surface area contributed by atoms with Crippen LogP contribution in [0.5, 0.6) is 0 Å². The molecule has 15 heteroatoms. The zero-order valence-electron chi connectivity index (χ0n) is 30.1. The lowest BCUT2D eigenvalue weighted by atomic mass is 10.00. The number of hydrogen-bond acceptors (Lipinski definition) is 8. The third kappa shape index (κ3) is 10.1. The molecule has 53 heavy (non-hydrogen) atoms. The highest BCUT2D eigenvalue weighted by molar-refractivity contribution is 7.92. The van der Waals surface area contributed by atoms with Gasteiger partial charge in [0.15, 0.2) is 0 Å². The van der Waals surface area contributed by atoms with E-state index >= 15 is 0 Å². The van der Waals surface area contributed by atoms with Crippen LogP contribution in [-0.4, -0.2) is 97.7 Å². The minimum absolute atomic E-state index is 0.0109. The Hall–Kier alpha value is -5.12. The van der Waals surface area contributed by atoms with Gasteiger partial charge in [-0.05, 0) is 67.6 Å². The first-order valence-electron chi connectivity index (χ1n) is 17.2. The van der Waals surface area contributed by atoms with Crippen molar-refractivity contribution in [3.63, 3.8) is 0 Å². The zero-order chi connectivity index (χ0) is 38.3. The van der Waals surface area contributed by atoms with Crippen LogP contribution in [0.15, 0.2) is 85.2 Å². The second-order valence-corrected chi connectivity index (χ2v) is 15.3. The summed E-state index contributed by atoms with van der Waals surface area (Å²) >= 11 is 0. The van der Waals surface area contributed by atoms with Crippen molar-refractivity contribution >= 4 is 33.4 Å². The quantitative estimate of drug-likeness (QED) is 0.166. The van der Waals surface area contributed by atoms with Crippen molar-refractivity contribution in [2.75, 3.05) is 37.9 Å². The molecule has 0 bridgehead atoms. The van der Waals surface area contributed by atoms with E-state index in [4.69, 9.17) is 4.74 Å². The number of aromatic nitrogens is 2. The second-order valence-electron chi connectivity index (χ2n) is 13.3. The number of benzene rings is 3. The van der Waals surface area contributed by atoms with Gasteiger partial charge in [0.25, 0.3) is 17.7 Å². The Kier molecular flexibility index (Phi) is 12.6. The summed E-state index contributed by atoms with van der Waals surface area (Å²) in [5.41, 5.74) is 1.89. The van der Waals surface area contributed by atoms with E-state index in [2.05, 4.69) is 15.7 Å². The van der Waals surface area contributed by atoms with Gasteiger partial charge in [0.2, 0.25) is 10.0 Å². The number of ether oxygens (including phenoxy) is 1. The van der Waals surface area contributed by atoms with Crippen molar-refractivity contribution < 1.29 is 37.0 Å². The minimum Gasteiger partial charge on any atom is -0.389 e. The summed E-state index contributed by atoms with van der Waals surface area (Å²) < 4.78 is 46.2. The number of aliphatic hydroxyl groups is 1. The van der Waals surface area contributed by atoms with Crippen LogP contribution < -0.4 is 14.9 Å². The SMILES string of the molecule is COC[C@H]1CCCN1C(=O)c1cnn(C[C@H](O)[C@H](Cc2ccccc2)NC(=O)c2cc(C(=O)N[C@H](C)c3ccc(F)cc3)cc(N(C)S(C)(=O)=O)c2)c1. The van der Waals surface area contributed by atoms with Gasteiger partial charge in [0.1, 0.15) is 5.82 Å². The molecule has 282 valence electrons. The number of rotatable bonds is 15. The number of nitrogens with zero attached hydrogens (tertiary/aromatic N) is 4. The van der Waals surface area contributed by atoms with Crippen LogP contribution in [0.3, 0.4) is 0 Å². The molecule has 0 radical (unpaired) electrons. The van der Waals surface area contributed by atoms with Crippen LogP contribution in [0.2, 0.25) is 0 Å². The molecule has 3 aromatic carbocycles. The molecule has 1 aliphatic heterocycles. The van der Waals surface area contributed by atoms with Gasteiger partial charge in [-0.25, -0.2) is 12.8 Å². The molecule has 5 rings (SSSR count). The molecule has 13 nitrogen and oxygen atoms in total. The van der Waals surface area contributed by atoms with Crippen molar-refractivity contribution in [2.24, 2.45) is 0 Å². The fourth-order valence-electron chi connectivity index (χ4n) is 6.29. The highest BCUT2D eigenvalue weighted by Crippen LogP contribution is 2.24. The largest absolute Gasteiger partial charge is 0.389 e. The molecular formula is C38H45FN6O7S. The van der Waals surface area contributed by atoms with E-state index in [1.54, 1.807) is 37.3 Å². The lowest BCUT2D eigenvalue weighted by Gasteiger charge is -2.25. The van der Waals surface area contributed by atoms with Crippen molar-refractivity contribution in [1.29, 1.82) is 0 Å². The van der Waals surface area contributed by atoms with Crippen LogP contribution in [0.25, 0.3) is 0 Å². The molecule has 4 atom stereocenters. The zero-order valence-corrected chi connectivity index (χ0v) is 30.9. The third-order valence-corrected chi connectivity index (χ3v) is 10.6. The maximum atomic E-state index is 14.0. The molecule has 1 aliphatic rings. The Morgan fingerprint density at radius 2 is 1.68 bits per heavy atom. The normalized spacial score (nSPS) is 16.1. The fraction of sp³-hybridized carbons (Fsp3) is 0.368. The van der Waals surface area contributed by atoms with Crippen molar-refractivity contribution in [3.05, 3.63) is 119 Å². The number of likely N-dealkylation sites (tertiary alicyclic amines) is 1. The number of nitrogens with one attached hydrogen (secondary N) is 2. The summed E-state index contributed by atoms with van der Waals surface area (Å²) in [7, 11) is -0.879. The fourth-order valence-corrected chi connectivity index (χ4v) is 6.78. The predicted octanol–water partition coefficient (Wildman–Crippen LogP) is 3.56. The van der Waals surface area contributed by atoms with E-state index in [9.17, 15) is 32.3 Å². The summed E-state index contributed by atoms with van der Waals surface area (Å²) in [6.45, 7) is 2.71. The molecule has 0 spiro atoms. The van der Waals surface area contributed by atoms with E-state index in [1.165, 1.54) is 48.3 Å². The third-order valence-electron chi connectivity index (χ3n) is 9.35. The number of halogens is 1. The highest BCUT2D eigenvalue weighted by atomic mass is 32.2. The van der Waals surface area contributed by atoms with Crippen molar-refractivity contribution in [1.82, 2.24) is 25.3 Å². The first-order valence-corrected chi connectivity index (χ1v) is 19.1. The second kappa shape index (κ2) is 17.1. The van der Waals surface area contributed by atoms with E-state index in [0.29, 0.717) is 24.3 Å². The van der Waals surface area contributed by atoms with Crippen LogP contribution in [0, 0.1) is 5.82 Å². The Balaban J connectivity index is 1.39. The molecule has 3 amide bonds. The minimum atomic E-state index is -3.79. The molecule has 1 aromatic heterocycles. The number of methoxy groups -OCH3 is 1. The number of amides is 3. The van der Waals surface area contributed by atoms with Crippen LogP contribution in [0.4, 0.5) is 10.1 Å². The molecular weight excluding hydrogens is 704 g/mol. The topological polar surface area (TPSA) is 163 Å². The summed E-state index contributed by atoms with van der Waals surface area (Å²) in [5, 5.41) is 21.6. The Bertz CT molecular complexity index is 2010. The maximum Gasteiger partial charge on any atom is 0.257 e. The molecule has 3 N–H and O–H groups in total. The molecule has 0 saturated carbocycles. The molecule has 0 unspecified atom stereocenters. The van der Waals surface area contributed by atoms with E-state index < -0.39 is 45.8 Å². The number of carbonyl (C=O) groups excluding carboxylic acids is 3. The molecule has 4 aromatic rings. The van der Waals surface area contributed by atoms with Crippen LogP contribution >= 0.6 is 0 Å². The van der Waals surface area contributed by atoms with E-state index in [1.807, 2.05) is 30.3 Å². The summed E-state index contributed by atoms with van der Waals surface area (Å²) in [5.74, 6) is -1.85. The smallest absolute Gasteiger partial charge is 0.257 e. The van der Waals surface area contributed by atoms with Crippen LogP contribution in [0.1, 0.15) is 68.0 Å². The Morgan fingerprint density at radius 1 is 1.02 bits per heavy atom. The van der Waals surface area contributed by atoms with Crippen molar-refractivity contribution in [2.45, 2.75) is 57.0 Å². The van der Waals surface area contributed by atoms with Gasteiger partial charge in [-0.1, -0.05) is 42.5 Å².